The van der Waals surface area contributed by atoms with Gasteiger partial charge in [0, 0.05) is 6.07 Å². The molecule has 104 valence electrons. The molecule has 0 amide bonds. The van der Waals surface area contributed by atoms with Crippen LogP contribution in [0.1, 0.15) is 6.92 Å². The third-order valence-electron chi connectivity index (χ3n) is 2.13. The summed E-state index contributed by atoms with van der Waals surface area (Å²) < 4.78 is 25.5. The molecular weight excluding hydrogens is 300 g/mol. The molecule has 2 N–H and O–H groups in total. The fourth-order valence-electron chi connectivity index (χ4n) is 1.15. The number of benzene rings is 1. The van der Waals surface area contributed by atoms with Gasteiger partial charge in [-0.2, -0.15) is 4.72 Å². The highest BCUT2D eigenvalue weighted by atomic mass is 35.5. The van der Waals surface area contributed by atoms with Crippen molar-refractivity contribution in [1.29, 1.82) is 0 Å². The Bertz CT molecular complexity index is 630. The van der Waals surface area contributed by atoms with E-state index in [0.717, 1.165) is 25.1 Å². The van der Waals surface area contributed by atoms with Crippen LogP contribution in [0, 0.1) is 10.1 Å². The van der Waals surface area contributed by atoms with E-state index in [0.29, 0.717) is 0 Å². The zero-order valence-corrected chi connectivity index (χ0v) is 11.1. The maximum atomic E-state index is 11.8. The minimum absolute atomic E-state index is 0.213. The molecule has 0 saturated heterocycles. The summed E-state index contributed by atoms with van der Waals surface area (Å²) in [4.78, 5) is 20.0. The zero-order chi connectivity index (χ0) is 14.8. The van der Waals surface area contributed by atoms with Gasteiger partial charge in [-0.3, -0.25) is 14.9 Å². The highest BCUT2D eigenvalue weighted by molar-refractivity contribution is 7.89. The quantitative estimate of drug-likeness (QED) is 0.617. The summed E-state index contributed by atoms with van der Waals surface area (Å²) in [5.41, 5.74) is -0.576. The summed E-state index contributed by atoms with van der Waals surface area (Å²) in [5.74, 6) is -1.37. The first-order valence-corrected chi connectivity index (χ1v) is 6.70. The van der Waals surface area contributed by atoms with Gasteiger partial charge in [-0.1, -0.05) is 11.6 Å². The number of carbonyl (C=O) groups is 1. The lowest BCUT2D eigenvalue weighted by Gasteiger charge is -2.10. The second-order valence-electron chi connectivity index (χ2n) is 3.55. The molecule has 0 heterocycles. The van der Waals surface area contributed by atoms with Gasteiger partial charge >= 0.3 is 5.97 Å². The predicted octanol–water partition coefficient (Wildman–Crippen LogP) is 1.000. The summed E-state index contributed by atoms with van der Waals surface area (Å²) >= 11 is 5.55. The molecule has 0 aromatic heterocycles. The first-order valence-electron chi connectivity index (χ1n) is 4.84. The van der Waals surface area contributed by atoms with E-state index in [1.807, 2.05) is 4.72 Å². The fourth-order valence-corrected chi connectivity index (χ4v) is 2.55. The Morgan fingerprint density at radius 2 is 2.11 bits per heavy atom. The minimum atomic E-state index is -4.17. The number of rotatable bonds is 5. The molecule has 1 aromatic carbocycles. The third-order valence-corrected chi connectivity index (χ3v) is 3.98. The van der Waals surface area contributed by atoms with Crippen LogP contribution in [0.3, 0.4) is 0 Å². The largest absolute Gasteiger partial charge is 0.480 e. The van der Waals surface area contributed by atoms with Gasteiger partial charge in [0.25, 0.3) is 5.69 Å². The highest BCUT2D eigenvalue weighted by Crippen LogP contribution is 2.27. The lowest BCUT2D eigenvalue weighted by Crippen LogP contribution is -2.38. The van der Waals surface area contributed by atoms with Crippen LogP contribution >= 0.6 is 11.6 Å². The smallest absolute Gasteiger partial charge is 0.321 e. The van der Waals surface area contributed by atoms with Gasteiger partial charge in [0.05, 0.1) is 9.82 Å². The van der Waals surface area contributed by atoms with Gasteiger partial charge in [0.1, 0.15) is 11.1 Å². The standard InChI is InChI=1S/C9H9ClN2O6S/c1-5(9(13)14)11-19(17,18)6-2-3-7(10)8(4-6)12(15)16/h2-5,11H,1H3,(H,13,14). The molecule has 0 aliphatic heterocycles. The van der Waals surface area contributed by atoms with Gasteiger partial charge in [-0.15, -0.1) is 0 Å². The topological polar surface area (TPSA) is 127 Å². The van der Waals surface area contributed by atoms with Crippen molar-refractivity contribution in [3.05, 3.63) is 33.3 Å². The predicted molar refractivity (Wildman–Crippen MR) is 65.5 cm³/mol. The number of nitro benzene ring substituents is 1. The van der Waals surface area contributed by atoms with Gasteiger partial charge in [0.2, 0.25) is 10.0 Å². The van der Waals surface area contributed by atoms with Gasteiger partial charge in [-0.25, -0.2) is 8.42 Å². The SMILES string of the molecule is CC(NS(=O)(=O)c1ccc(Cl)c([N+](=O)[O-])c1)C(=O)O. The molecule has 1 unspecified atom stereocenters. The molecule has 1 aromatic rings. The Balaban J connectivity index is 3.19. The van der Waals surface area contributed by atoms with Gasteiger partial charge in [0.15, 0.2) is 0 Å². The van der Waals surface area contributed by atoms with Crippen molar-refractivity contribution in [1.82, 2.24) is 4.72 Å². The number of halogens is 1. The molecule has 1 rings (SSSR count). The second kappa shape index (κ2) is 5.51. The molecule has 0 fully saturated rings. The van der Waals surface area contributed by atoms with Crippen molar-refractivity contribution < 1.29 is 23.2 Å². The number of nitrogens with one attached hydrogen (secondary N) is 1. The van der Waals surface area contributed by atoms with E-state index in [4.69, 9.17) is 16.7 Å². The van der Waals surface area contributed by atoms with Crippen LogP contribution in [-0.2, 0) is 14.8 Å². The van der Waals surface area contributed by atoms with E-state index in [1.165, 1.54) is 0 Å². The zero-order valence-electron chi connectivity index (χ0n) is 9.53. The molecule has 1 atom stereocenters. The number of sulfonamides is 1. The summed E-state index contributed by atoms with van der Waals surface area (Å²) in [6, 6.07) is 1.50. The lowest BCUT2D eigenvalue weighted by atomic mass is 10.3. The number of nitro groups is 1. The summed E-state index contributed by atoms with van der Waals surface area (Å²) in [6.07, 6.45) is 0. The number of carboxylic acid groups (broad SMARTS) is 1. The number of hydrogen-bond donors (Lipinski definition) is 2. The molecule has 8 nitrogen and oxygen atoms in total. The molecule has 19 heavy (non-hydrogen) atoms. The Labute approximate surface area is 113 Å². The van der Waals surface area contributed by atoms with E-state index in [1.54, 1.807) is 0 Å². The van der Waals surface area contributed by atoms with Crippen LogP contribution in [-0.4, -0.2) is 30.5 Å². The number of carboxylic acids is 1. The van der Waals surface area contributed by atoms with Crippen LogP contribution in [0.4, 0.5) is 5.69 Å². The molecule has 0 aliphatic carbocycles. The molecule has 10 heteroatoms. The van der Waals surface area contributed by atoms with E-state index in [9.17, 15) is 23.3 Å². The molecular formula is C9H9ClN2O6S. The second-order valence-corrected chi connectivity index (χ2v) is 5.67. The van der Waals surface area contributed by atoms with E-state index < -0.39 is 37.5 Å². The number of nitrogens with zero attached hydrogens (tertiary/aromatic N) is 1. The van der Waals surface area contributed by atoms with E-state index in [-0.39, 0.29) is 5.02 Å². The fraction of sp³-hybridized carbons (Fsp3) is 0.222. The first kappa shape index (κ1) is 15.3. The minimum Gasteiger partial charge on any atom is -0.480 e. The van der Waals surface area contributed by atoms with E-state index in [2.05, 4.69) is 0 Å². The lowest BCUT2D eigenvalue weighted by molar-refractivity contribution is -0.384. The van der Waals surface area contributed by atoms with Crippen LogP contribution in [0.25, 0.3) is 0 Å². The average molecular weight is 309 g/mol. The Hall–Kier alpha value is -1.71. The van der Waals surface area contributed by atoms with Crippen LogP contribution in [0.5, 0.6) is 0 Å². The molecule has 0 spiro atoms. The van der Waals surface area contributed by atoms with Crippen molar-refractivity contribution in [2.24, 2.45) is 0 Å². The Morgan fingerprint density at radius 1 is 1.53 bits per heavy atom. The molecule has 0 aliphatic rings. The maximum Gasteiger partial charge on any atom is 0.321 e. The molecule has 0 saturated carbocycles. The van der Waals surface area contributed by atoms with Crippen LogP contribution < -0.4 is 4.72 Å². The van der Waals surface area contributed by atoms with Crippen molar-refractivity contribution in [3.63, 3.8) is 0 Å². The Morgan fingerprint density at radius 3 is 2.58 bits per heavy atom. The van der Waals surface area contributed by atoms with Crippen molar-refractivity contribution >= 4 is 33.3 Å². The first-order chi connectivity index (χ1) is 8.65. The van der Waals surface area contributed by atoms with Crippen LogP contribution in [0.15, 0.2) is 23.1 Å². The molecule has 0 radical (unpaired) electrons. The summed E-state index contributed by atoms with van der Waals surface area (Å²) in [7, 11) is -4.17. The summed E-state index contributed by atoms with van der Waals surface area (Å²) in [5, 5.41) is 19.1. The number of hydrogen-bond acceptors (Lipinski definition) is 5. The van der Waals surface area contributed by atoms with Crippen molar-refractivity contribution in [2.75, 3.05) is 0 Å². The normalized spacial score (nSPS) is 12.9. The van der Waals surface area contributed by atoms with Crippen molar-refractivity contribution in [3.8, 4) is 0 Å². The summed E-state index contributed by atoms with van der Waals surface area (Å²) in [6.45, 7) is 1.13. The Kier molecular flexibility index (Phi) is 4.45. The maximum absolute atomic E-state index is 11.8. The molecule has 0 bridgehead atoms. The van der Waals surface area contributed by atoms with E-state index >= 15 is 0 Å². The van der Waals surface area contributed by atoms with Crippen molar-refractivity contribution in [2.45, 2.75) is 17.9 Å². The highest BCUT2D eigenvalue weighted by Gasteiger charge is 2.24. The van der Waals surface area contributed by atoms with Crippen LogP contribution in [0.2, 0.25) is 5.02 Å². The third kappa shape index (κ3) is 3.63. The van der Waals surface area contributed by atoms with Gasteiger partial charge < -0.3 is 5.11 Å². The average Bonchev–Trinajstić information content (AvgIpc) is 2.27. The van der Waals surface area contributed by atoms with Gasteiger partial charge in [-0.05, 0) is 19.1 Å². The number of aliphatic carboxylic acids is 1. The monoisotopic (exact) mass is 308 g/mol.